The average Bonchev–Trinajstić information content (AvgIpc) is 3.62. The number of benzene rings is 2. The summed E-state index contributed by atoms with van der Waals surface area (Å²) in [5, 5.41) is 49.5. The van der Waals surface area contributed by atoms with E-state index in [0.717, 1.165) is 38.8 Å². The van der Waals surface area contributed by atoms with Crippen molar-refractivity contribution >= 4 is 51.1 Å². The van der Waals surface area contributed by atoms with Crippen LogP contribution in [0.3, 0.4) is 0 Å². The Morgan fingerprint density at radius 3 is 2.27 bits per heavy atom. The van der Waals surface area contributed by atoms with E-state index in [1.54, 1.807) is 65.8 Å². The molecule has 15 heteroatoms. The predicted molar refractivity (Wildman–Crippen MR) is 222 cm³/mol. The second-order valence-corrected chi connectivity index (χ2v) is 16.5. The van der Waals surface area contributed by atoms with Crippen molar-refractivity contribution in [3.63, 3.8) is 0 Å². The van der Waals surface area contributed by atoms with E-state index in [0.29, 0.717) is 5.95 Å². The minimum absolute atomic E-state index is 0.0345. The van der Waals surface area contributed by atoms with Gasteiger partial charge in [-0.05, 0) is 32.8 Å². The Labute approximate surface area is 344 Å². The van der Waals surface area contributed by atoms with Crippen LogP contribution in [0.2, 0.25) is 0 Å². The predicted octanol–water partition coefficient (Wildman–Crippen LogP) is 6.31. The molecule has 320 valence electrons. The Balaban J connectivity index is 1.55. The zero-order chi connectivity index (χ0) is 43.1. The van der Waals surface area contributed by atoms with Crippen LogP contribution in [0.15, 0.2) is 36.1 Å². The number of nitrogens with zero attached hydrogens (tertiary/aromatic N) is 2. The first-order valence-corrected chi connectivity index (χ1v) is 20.4. The highest BCUT2D eigenvalue weighted by Gasteiger charge is 2.50. The first-order valence-electron chi connectivity index (χ1n) is 20.4. The van der Waals surface area contributed by atoms with E-state index in [-0.39, 0.29) is 55.7 Å². The van der Waals surface area contributed by atoms with E-state index >= 15 is 0 Å². The van der Waals surface area contributed by atoms with E-state index in [4.69, 9.17) is 23.9 Å². The van der Waals surface area contributed by atoms with Crippen LogP contribution in [0.5, 0.6) is 17.2 Å². The standard InChI is InChI=1S/C44H58N4O11/c1-21-15-14-16-22(2)42(55)45-34-33-32(46-43(47-33)48-18-12-10-11-13-19-48)29-30(38(34)53)37(52)26(6)40-31(29)41(54)44(8,59-40)57-20-17-28(56-9)23(3)39(58-27(7)49)25(5)36(51)24(4)35(21)50/h14-17,20-21,23-25,28,35-36,39,50-53H,10-13,18-19H2,1-9H3,(H,45,55)(H,46,47)/b15-14+,20-17+,22-16-/t21-,23+,24+,25+,28-,35-,36+,39+,44-/m0/s1. The maximum atomic E-state index is 14.6. The number of ketones is 1. The summed E-state index contributed by atoms with van der Waals surface area (Å²) in [7, 11) is 1.47. The second kappa shape index (κ2) is 17.2. The number of hydrogen-bond acceptors (Lipinski definition) is 13. The molecule has 3 aromatic rings. The molecule has 0 spiro atoms. The topological polar surface area (TPSA) is 213 Å². The number of H-pyrrole nitrogens is 1. The molecular formula is C44H58N4O11. The van der Waals surface area contributed by atoms with Gasteiger partial charge in [0, 0.05) is 74.2 Å². The molecule has 2 aromatic carbocycles. The molecule has 1 amide bonds. The van der Waals surface area contributed by atoms with Crippen molar-refractivity contribution in [2.24, 2.45) is 23.7 Å². The van der Waals surface area contributed by atoms with Gasteiger partial charge in [-0.2, -0.15) is 0 Å². The Kier molecular flexibility index (Phi) is 12.7. The Morgan fingerprint density at radius 2 is 1.63 bits per heavy atom. The van der Waals surface area contributed by atoms with Crippen molar-refractivity contribution in [1.82, 2.24) is 9.97 Å². The molecule has 3 aliphatic heterocycles. The molecule has 0 aliphatic carbocycles. The third-order valence-electron chi connectivity index (χ3n) is 12.4. The number of carbonyl (C=O) groups excluding carboxylic acids is 3. The van der Waals surface area contributed by atoms with Crippen LogP contribution in [0.25, 0.3) is 21.8 Å². The van der Waals surface area contributed by atoms with Crippen LogP contribution in [-0.2, 0) is 23.8 Å². The van der Waals surface area contributed by atoms with Crippen LogP contribution in [0.1, 0.15) is 90.1 Å². The van der Waals surface area contributed by atoms with Crippen LogP contribution in [0.4, 0.5) is 11.6 Å². The number of aromatic amines is 1. The number of Topliss-reactive ketones (excluding diaryl/α,β-unsaturated/α-hetero) is 1. The molecule has 1 fully saturated rings. The highest BCUT2D eigenvalue weighted by Crippen LogP contribution is 2.54. The summed E-state index contributed by atoms with van der Waals surface area (Å²) in [6.07, 6.45) is 7.97. The monoisotopic (exact) mass is 818 g/mol. The quantitative estimate of drug-likeness (QED) is 0.127. The van der Waals surface area contributed by atoms with Crippen LogP contribution in [-0.4, -0.2) is 98.5 Å². The lowest BCUT2D eigenvalue weighted by Crippen LogP contribution is -2.46. The lowest BCUT2D eigenvalue weighted by Gasteiger charge is -2.38. The van der Waals surface area contributed by atoms with E-state index in [1.165, 1.54) is 27.2 Å². The summed E-state index contributed by atoms with van der Waals surface area (Å²) in [4.78, 5) is 51.2. The van der Waals surface area contributed by atoms with Crippen LogP contribution >= 0.6 is 0 Å². The molecule has 1 aromatic heterocycles. The minimum Gasteiger partial charge on any atom is -0.507 e. The molecule has 1 saturated heterocycles. The lowest BCUT2D eigenvalue weighted by atomic mass is 9.78. The van der Waals surface area contributed by atoms with Crippen molar-refractivity contribution < 1.29 is 53.8 Å². The van der Waals surface area contributed by atoms with Gasteiger partial charge in [0.05, 0.1) is 41.0 Å². The van der Waals surface area contributed by atoms with Gasteiger partial charge >= 0.3 is 11.8 Å². The number of aliphatic hydroxyl groups excluding tert-OH is 2. The molecule has 3 aliphatic rings. The van der Waals surface area contributed by atoms with E-state index in [1.807, 2.05) is 0 Å². The van der Waals surface area contributed by atoms with Crippen molar-refractivity contribution in [1.29, 1.82) is 0 Å². The lowest BCUT2D eigenvalue weighted by molar-refractivity contribution is -0.160. The number of ether oxygens (including phenoxy) is 4. The SMILES string of the molecule is CO[C@H]1/C=C/O[C@@]2(C)Oc3c(C)c(O)c4c(O)c(c5[nH]c(N6CCCCCC6)nc5c4c3C2=O)NC(=O)/C(C)=C\C=C\[C@H](C)[C@H](O)[C@@H](C)[C@@H](O)[C@@H](C)[C@H](OC(C)=O)[C@@H]1C. The number of fused-ring (bicyclic) bond motifs is 1. The van der Waals surface area contributed by atoms with Gasteiger partial charge in [0.15, 0.2) is 5.75 Å². The van der Waals surface area contributed by atoms with Crippen molar-refractivity contribution in [2.45, 2.75) is 111 Å². The number of aromatic nitrogens is 2. The first-order chi connectivity index (χ1) is 27.9. The van der Waals surface area contributed by atoms with E-state index in [2.05, 4.69) is 15.2 Å². The smallest absolute Gasteiger partial charge is 0.312 e. The van der Waals surface area contributed by atoms with Gasteiger partial charge in [0.1, 0.15) is 28.8 Å². The maximum absolute atomic E-state index is 14.6. The number of esters is 1. The number of carbonyl (C=O) groups is 3. The van der Waals surface area contributed by atoms with Gasteiger partial charge in [0.25, 0.3) is 11.7 Å². The molecule has 0 unspecified atom stereocenters. The molecule has 0 radical (unpaired) electrons. The highest BCUT2D eigenvalue weighted by atomic mass is 16.7. The number of nitrogens with one attached hydrogen (secondary N) is 2. The second-order valence-electron chi connectivity index (χ2n) is 16.5. The molecule has 0 saturated carbocycles. The number of methoxy groups -OCH3 is 1. The molecule has 15 nitrogen and oxygen atoms in total. The average molecular weight is 819 g/mol. The van der Waals surface area contributed by atoms with E-state index < -0.39 is 77.3 Å². The third kappa shape index (κ3) is 8.12. The molecular weight excluding hydrogens is 761 g/mol. The number of amides is 1. The number of rotatable bonds is 3. The summed E-state index contributed by atoms with van der Waals surface area (Å²) in [6.45, 7) is 14.3. The number of anilines is 2. The molecule has 4 heterocycles. The summed E-state index contributed by atoms with van der Waals surface area (Å²) >= 11 is 0. The fourth-order valence-electron chi connectivity index (χ4n) is 8.63. The number of phenolic OH excluding ortho intramolecular Hbond substituents is 2. The highest BCUT2D eigenvalue weighted by molar-refractivity contribution is 6.28. The maximum Gasteiger partial charge on any atom is 0.312 e. The number of aromatic hydroxyl groups is 2. The van der Waals surface area contributed by atoms with Crippen molar-refractivity contribution in [3.05, 3.63) is 47.3 Å². The molecule has 6 N–H and O–H groups in total. The molecule has 59 heavy (non-hydrogen) atoms. The largest absolute Gasteiger partial charge is 0.507 e. The first kappa shape index (κ1) is 43.5. The van der Waals surface area contributed by atoms with Gasteiger partial charge in [-0.15, -0.1) is 0 Å². The van der Waals surface area contributed by atoms with Gasteiger partial charge in [-0.25, -0.2) is 4.98 Å². The normalized spacial score (nSPS) is 31.9. The van der Waals surface area contributed by atoms with E-state index in [9.17, 15) is 34.8 Å². The van der Waals surface area contributed by atoms with Crippen molar-refractivity contribution in [2.75, 3.05) is 30.4 Å². The summed E-state index contributed by atoms with van der Waals surface area (Å²) in [5.74, 6) is -6.38. The number of allylic oxidation sites excluding steroid dienone is 2. The summed E-state index contributed by atoms with van der Waals surface area (Å²) < 4.78 is 23.9. The zero-order valence-electron chi connectivity index (χ0n) is 35.3. The van der Waals surface area contributed by atoms with Gasteiger partial charge < -0.3 is 54.6 Å². The fourth-order valence-corrected chi connectivity index (χ4v) is 8.63. The Hall–Kier alpha value is -5.12. The number of phenols is 2. The number of aliphatic hydroxyl groups is 2. The number of hydrogen-bond donors (Lipinski definition) is 6. The number of imidazole rings is 1. The molecule has 9 atom stereocenters. The minimum atomic E-state index is -1.95. The summed E-state index contributed by atoms with van der Waals surface area (Å²) in [6, 6.07) is 0. The third-order valence-corrected chi connectivity index (χ3v) is 12.4. The zero-order valence-corrected chi connectivity index (χ0v) is 35.3. The fraction of sp³-hybridized carbons (Fsp3) is 0.545. The molecule has 6 rings (SSSR count). The molecule has 4 bridgehead atoms. The Bertz CT molecular complexity index is 2200. The van der Waals surface area contributed by atoms with Crippen molar-refractivity contribution in [3.8, 4) is 17.2 Å². The van der Waals surface area contributed by atoms with Gasteiger partial charge in [-0.3, -0.25) is 14.4 Å². The van der Waals surface area contributed by atoms with Gasteiger partial charge in [0.2, 0.25) is 5.95 Å². The van der Waals surface area contributed by atoms with Crippen LogP contribution in [0, 0.1) is 30.6 Å². The van der Waals surface area contributed by atoms with Crippen LogP contribution < -0.4 is 15.0 Å². The Morgan fingerprint density at radius 1 is 0.949 bits per heavy atom. The summed E-state index contributed by atoms with van der Waals surface area (Å²) in [5.41, 5.74) is 0.880. The van der Waals surface area contributed by atoms with Gasteiger partial charge in [-0.1, -0.05) is 58.8 Å².